The fourth-order valence-corrected chi connectivity index (χ4v) is 3.54. The minimum Gasteiger partial charge on any atom is -0.313 e. The van der Waals surface area contributed by atoms with E-state index in [1.54, 1.807) is 0 Å². The van der Waals surface area contributed by atoms with Crippen molar-refractivity contribution >= 4 is 0 Å². The van der Waals surface area contributed by atoms with Crippen LogP contribution in [-0.4, -0.2) is 12.6 Å². The Morgan fingerprint density at radius 2 is 1.53 bits per heavy atom. The maximum atomic E-state index is 3.82. The van der Waals surface area contributed by atoms with Crippen molar-refractivity contribution in [2.75, 3.05) is 6.54 Å². The molecule has 0 aromatic heterocycles. The molecule has 0 unspecified atom stereocenters. The van der Waals surface area contributed by atoms with Crippen LogP contribution in [0.1, 0.15) is 74.1 Å². The zero-order valence-electron chi connectivity index (χ0n) is 13.1. The van der Waals surface area contributed by atoms with Gasteiger partial charge in [-0.1, -0.05) is 48.5 Å². The van der Waals surface area contributed by atoms with Gasteiger partial charge in [0, 0.05) is 12.6 Å². The molecule has 0 amide bonds. The predicted molar refractivity (Wildman–Crippen MR) is 77.3 cm³/mol. The Morgan fingerprint density at radius 3 is 1.94 bits per heavy atom. The van der Waals surface area contributed by atoms with Gasteiger partial charge in [-0.05, 0) is 41.9 Å². The molecule has 1 heteroatoms. The molecule has 1 aliphatic carbocycles. The van der Waals surface area contributed by atoms with Crippen LogP contribution >= 0.6 is 0 Å². The first-order valence-corrected chi connectivity index (χ1v) is 7.29. The predicted octanol–water partition coefficient (Wildman–Crippen LogP) is 4.62. The minimum atomic E-state index is 0.436. The molecule has 0 aromatic rings. The molecule has 0 radical (unpaired) electrons. The molecular weight excluding hydrogens is 206 g/mol. The average Bonchev–Trinajstić information content (AvgIpc) is 2.10. The monoisotopic (exact) mass is 239 g/mol. The van der Waals surface area contributed by atoms with Gasteiger partial charge in [0.25, 0.3) is 0 Å². The first-order chi connectivity index (χ1) is 7.55. The third-order valence-corrected chi connectivity index (χ3v) is 4.38. The van der Waals surface area contributed by atoms with Crippen molar-refractivity contribution in [3.8, 4) is 0 Å². The summed E-state index contributed by atoms with van der Waals surface area (Å²) in [5.41, 5.74) is 1.43. The molecule has 0 aliphatic heterocycles. The topological polar surface area (TPSA) is 12.0 Å². The van der Waals surface area contributed by atoms with Crippen molar-refractivity contribution in [2.24, 2.45) is 16.2 Å². The van der Waals surface area contributed by atoms with Gasteiger partial charge in [-0.25, -0.2) is 0 Å². The van der Waals surface area contributed by atoms with Gasteiger partial charge in [-0.15, -0.1) is 0 Å². The van der Waals surface area contributed by atoms with Gasteiger partial charge in [-0.3, -0.25) is 0 Å². The lowest BCUT2D eigenvalue weighted by Crippen LogP contribution is -2.46. The fraction of sp³-hybridized carbons (Fsp3) is 1.00. The summed E-state index contributed by atoms with van der Waals surface area (Å²) in [6, 6.07) is 0.708. The highest BCUT2D eigenvalue weighted by Crippen LogP contribution is 2.45. The van der Waals surface area contributed by atoms with Crippen LogP contribution in [0.15, 0.2) is 0 Å². The lowest BCUT2D eigenvalue weighted by molar-refractivity contribution is 0.0803. The van der Waals surface area contributed by atoms with Gasteiger partial charge in [-0.2, -0.15) is 0 Å². The molecule has 17 heavy (non-hydrogen) atoms. The average molecular weight is 239 g/mol. The molecule has 1 nitrogen and oxygen atoms in total. The van der Waals surface area contributed by atoms with Crippen molar-refractivity contribution in [3.05, 3.63) is 0 Å². The van der Waals surface area contributed by atoms with E-state index in [9.17, 15) is 0 Å². The van der Waals surface area contributed by atoms with Crippen LogP contribution in [0, 0.1) is 16.2 Å². The second kappa shape index (κ2) is 4.91. The molecule has 0 bridgehead atoms. The first kappa shape index (κ1) is 15.0. The van der Waals surface area contributed by atoms with E-state index in [0.717, 1.165) is 6.54 Å². The van der Waals surface area contributed by atoms with Gasteiger partial charge in [0.2, 0.25) is 0 Å². The Bertz CT molecular complexity index is 234. The smallest absolute Gasteiger partial charge is 0.00774 e. The normalized spacial score (nSPS) is 24.9. The Balaban J connectivity index is 2.54. The maximum Gasteiger partial charge on any atom is 0.00774 e. The van der Waals surface area contributed by atoms with E-state index in [0.29, 0.717) is 22.3 Å². The van der Waals surface area contributed by atoms with Gasteiger partial charge in [0.05, 0.1) is 0 Å². The van der Waals surface area contributed by atoms with Crippen molar-refractivity contribution in [1.82, 2.24) is 5.32 Å². The summed E-state index contributed by atoms with van der Waals surface area (Å²) in [4.78, 5) is 0. The first-order valence-electron chi connectivity index (χ1n) is 7.29. The van der Waals surface area contributed by atoms with Crippen LogP contribution in [0.25, 0.3) is 0 Å². The van der Waals surface area contributed by atoms with E-state index in [4.69, 9.17) is 0 Å². The van der Waals surface area contributed by atoms with Crippen LogP contribution in [-0.2, 0) is 0 Å². The Kier molecular flexibility index (Phi) is 4.34. The molecular formula is C16H33N. The standard InChI is InChI=1S/C16H33N/c1-8-14(2,3)12-17-13-9-15(4,5)11-16(6,7)10-13/h13,17H,8-12H2,1-7H3. The molecule has 0 saturated heterocycles. The molecule has 0 atom stereocenters. The molecule has 1 fully saturated rings. The number of nitrogens with one attached hydrogen (secondary N) is 1. The van der Waals surface area contributed by atoms with Crippen LogP contribution in [0.3, 0.4) is 0 Å². The fourth-order valence-electron chi connectivity index (χ4n) is 3.54. The number of hydrogen-bond donors (Lipinski definition) is 1. The molecule has 1 N–H and O–H groups in total. The molecule has 1 aliphatic rings. The zero-order valence-corrected chi connectivity index (χ0v) is 13.1. The Labute approximate surface area is 109 Å². The van der Waals surface area contributed by atoms with Crippen LogP contribution in [0.4, 0.5) is 0 Å². The van der Waals surface area contributed by atoms with Crippen molar-refractivity contribution in [2.45, 2.75) is 80.2 Å². The van der Waals surface area contributed by atoms with Crippen LogP contribution in [0.2, 0.25) is 0 Å². The molecule has 102 valence electrons. The van der Waals surface area contributed by atoms with Gasteiger partial charge in [0.1, 0.15) is 0 Å². The summed E-state index contributed by atoms with van der Waals surface area (Å²) >= 11 is 0. The highest BCUT2D eigenvalue weighted by atomic mass is 14.9. The Hall–Kier alpha value is -0.0400. The van der Waals surface area contributed by atoms with Crippen molar-refractivity contribution in [3.63, 3.8) is 0 Å². The van der Waals surface area contributed by atoms with E-state index < -0.39 is 0 Å². The number of rotatable bonds is 4. The molecule has 0 heterocycles. The maximum absolute atomic E-state index is 3.82. The van der Waals surface area contributed by atoms with Gasteiger partial charge >= 0.3 is 0 Å². The lowest BCUT2D eigenvalue weighted by atomic mass is 9.63. The van der Waals surface area contributed by atoms with Crippen LogP contribution < -0.4 is 5.32 Å². The van der Waals surface area contributed by atoms with E-state index in [-0.39, 0.29) is 0 Å². The summed E-state index contributed by atoms with van der Waals surface area (Å²) in [6.07, 6.45) is 5.27. The van der Waals surface area contributed by atoms with Gasteiger partial charge < -0.3 is 5.32 Å². The second-order valence-electron chi connectivity index (χ2n) is 8.51. The summed E-state index contributed by atoms with van der Waals surface area (Å²) in [5.74, 6) is 0. The highest BCUT2D eigenvalue weighted by Gasteiger charge is 2.38. The Morgan fingerprint density at radius 1 is 1.06 bits per heavy atom. The van der Waals surface area contributed by atoms with E-state index >= 15 is 0 Å². The molecule has 1 saturated carbocycles. The minimum absolute atomic E-state index is 0.436. The molecule has 0 spiro atoms. The summed E-state index contributed by atoms with van der Waals surface area (Å²) in [7, 11) is 0. The molecule has 1 rings (SSSR count). The molecule has 0 aromatic carbocycles. The quantitative estimate of drug-likeness (QED) is 0.755. The van der Waals surface area contributed by atoms with Crippen molar-refractivity contribution in [1.29, 1.82) is 0 Å². The van der Waals surface area contributed by atoms with Crippen LogP contribution in [0.5, 0.6) is 0 Å². The lowest BCUT2D eigenvalue weighted by Gasteiger charge is -2.46. The largest absolute Gasteiger partial charge is 0.313 e. The summed E-state index contributed by atoms with van der Waals surface area (Å²) < 4.78 is 0. The van der Waals surface area contributed by atoms with E-state index in [1.807, 2.05) is 0 Å². The zero-order chi connectivity index (χ0) is 13.3. The van der Waals surface area contributed by atoms with E-state index in [1.165, 1.54) is 25.7 Å². The second-order valence-corrected chi connectivity index (χ2v) is 8.51. The third kappa shape index (κ3) is 4.99. The van der Waals surface area contributed by atoms with E-state index in [2.05, 4.69) is 53.8 Å². The van der Waals surface area contributed by atoms with Gasteiger partial charge in [0.15, 0.2) is 0 Å². The summed E-state index contributed by atoms with van der Waals surface area (Å²) in [5, 5.41) is 3.82. The third-order valence-electron chi connectivity index (χ3n) is 4.38. The number of hydrogen-bond acceptors (Lipinski definition) is 1. The van der Waals surface area contributed by atoms with Crippen molar-refractivity contribution < 1.29 is 0 Å². The summed E-state index contributed by atoms with van der Waals surface area (Å²) in [6.45, 7) is 17.9. The SMILES string of the molecule is CCC(C)(C)CNC1CC(C)(C)CC(C)(C)C1. The highest BCUT2D eigenvalue weighted by molar-refractivity contribution is 4.92.